The van der Waals surface area contributed by atoms with E-state index in [0.29, 0.717) is 5.25 Å². The van der Waals surface area contributed by atoms with Gasteiger partial charge in [-0.2, -0.15) is 0 Å². The second kappa shape index (κ2) is 6.14. The van der Waals surface area contributed by atoms with E-state index in [1.165, 1.54) is 4.90 Å². The van der Waals surface area contributed by atoms with E-state index >= 15 is 0 Å². The summed E-state index contributed by atoms with van der Waals surface area (Å²) in [4.78, 5) is 5.49. The number of pyridine rings is 1. The molecule has 1 aliphatic rings. The number of aromatic nitrogens is 4. The molecule has 0 bridgehead atoms. The van der Waals surface area contributed by atoms with Crippen LogP contribution in [0.3, 0.4) is 0 Å². The third-order valence-corrected chi connectivity index (χ3v) is 6.02. The van der Waals surface area contributed by atoms with Crippen LogP contribution in [-0.2, 0) is 6.54 Å². The van der Waals surface area contributed by atoms with Crippen LogP contribution in [0.4, 0.5) is 0 Å². The van der Waals surface area contributed by atoms with Crippen molar-refractivity contribution in [3.63, 3.8) is 0 Å². The average Bonchev–Trinajstić information content (AvgIpc) is 3.15. The Bertz CT molecular complexity index is 758. The summed E-state index contributed by atoms with van der Waals surface area (Å²) in [6.45, 7) is 0.955. The zero-order valence-corrected chi connectivity index (χ0v) is 13.4. The third-order valence-electron chi connectivity index (χ3n) is 3.47. The van der Waals surface area contributed by atoms with Gasteiger partial charge in [-0.15, -0.1) is 22.0 Å². The molecule has 0 fully saturated rings. The molecule has 3 heterocycles. The predicted molar refractivity (Wildman–Crippen MR) is 90.1 cm³/mol. The van der Waals surface area contributed by atoms with Gasteiger partial charge >= 0.3 is 0 Å². The fraction of sp³-hybridized carbons (Fsp3) is 0.188. The van der Waals surface area contributed by atoms with Crippen molar-refractivity contribution in [2.45, 2.75) is 21.8 Å². The highest BCUT2D eigenvalue weighted by Crippen LogP contribution is 2.36. The number of benzene rings is 1. The number of fused-ring (bicyclic) bond motifs is 1. The molecule has 4 rings (SSSR count). The standard InChI is InChI=1S/C16H14N4S2/c1-2-6-13(7-3-1)21-11-14-10-20-15(18-19-16(20)22-14)12-5-4-8-17-9-12/h1-9,14H,10-11H2. The molecule has 0 spiro atoms. The first-order chi connectivity index (χ1) is 10.9. The first-order valence-electron chi connectivity index (χ1n) is 7.08. The minimum absolute atomic E-state index is 0.533. The van der Waals surface area contributed by atoms with Gasteiger partial charge in [-0.25, -0.2) is 0 Å². The van der Waals surface area contributed by atoms with E-state index in [2.05, 4.69) is 50.1 Å². The van der Waals surface area contributed by atoms with E-state index < -0.39 is 0 Å². The molecule has 110 valence electrons. The van der Waals surface area contributed by atoms with Crippen molar-refractivity contribution in [2.75, 3.05) is 5.75 Å². The van der Waals surface area contributed by atoms with Crippen molar-refractivity contribution in [2.24, 2.45) is 0 Å². The van der Waals surface area contributed by atoms with Gasteiger partial charge in [-0.05, 0) is 24.3 Å². The molecule has 1 unspecified atom stereocenters. The Morgan fingerprint density at radius 3 is 2.86 bits per heavy atom. The van der Waals surface area contributed by atoms with Gasteiger partial charge in [0.25, 0.3) is 0 Å². The van der Waals surface area contributed by atoms with Crippen LogP contribution in [-0.4, -0.2) is 30.8 Å². The lowest BCUT2D eigenvalue weighted by molar-refractivity contribution is 0.678. The Labute approximate surface area is 137 Å². The average molecular weight is 326 g/mol. The number of nitrogens with zero attached hydrogens (tertiary/aromatic N) is 4. The lowest BCUT2D eigenvalue weighted by Gasteiger charge is -2.08. The van der Waals surface area contributed by atoms with Gasteiger partial charge in [0.15, 0.2) is 11.0 Å². The maximum atomic E-state index is 4.32. The molecule has 0 aliphatic carbocycles. The Kier molecular flexibility index (Phi) is 3.86. The molecule has 0 saturated carbocycles. The van der Waals surface area contributed by atoms with Crippen molar-refractivity contribution in [1.82, 2.24) is 19.7 Å². The van der Waals surface area contributed by atoms with E-state index in [4.69, 9.17) is 0 Å². The molecule has 0 amide bonds. The summed E-state index contributed by atoms with van der Waals surface area (Å²) in [7, 11) is 0. The fourth-order valence-electron chi connectivity index (χ4n) is 2.43. The van der Waals surface area contributed by atoms with Crippen molar-refractivity contribution in [3.05, 3.63) is 54.9 Å². The van der Waals surface area contributed by atoms with Crippen LogP contribution in [0.5, 0.6) is 0 Å². The first kappa shape index (κ1) is 13.8. The molecule has 1 atom stereocenters. The summed E-state index contributed by atoms with van der Waals surface area (Å²) in [5.74, 6) is 1.99. The van der Waals surface area contributed by atoms with Crippen molar-refractivity contribution in [1.29, 1.82) is 0 Å². The maximum absolute atomic E-state index is 4.32. The maximum Gasteiger partial charge on any atom is 0.191 e. The number of hydrogen-bond acceptors (Lipinski definition) is 5. The molecule has 1 aromatic carbocycles. The minimum atomic E-state index is 0.533. The highest BCUT2D eigenvalue weighted by atomic mass is 32.2. The zero-order chi connectivity index (χ0) is 14.8. The lowest BCUT2D eigenvalue weighted by atomic mass is 10.2. The number of rotatable bonds is 4. The topological polar surface area (TPSA) is 43.6 Å². The van der Waals surface area contributed by atoms with E-state index in [9.17, 15) is 0 Å². The SMILES string of the molecule is c1ccc(SCC2Cn3c(nnc3-c3cccnc3)S2)cc1. The lowest BCUT2D eigenvalue weighted by Crippen LogP contribution is -2.09. The highest BCUT2D eigenvalue weighted by Gasteiger charge is 2.27. The summed E-state index contributed by atoms with van der Waals surface area (Å²) in [6.07, 6.45) is 3.62. The van der Waals surface area contributed by atoms with Gasteiger partial charge in [0.1, 0.15) is 0 Å². The van der Waals surface area contributed by atoms with E-state index in [1.807, 2.05) is 41.9 Å². The Morgan fingerprint density at radius 1 is 1.14 bits per heavy atom. The minimum Gasteiger partial charge on any atom is -0.301 e. The monoisotopic (exact) mass is 326 g/mol. The van der Waals surface area contributed by atoms with Crippen LogP contribution in [0, 0.1) is 0 Å². The van der Waals surface area contributed by atoms with Gasteiger partial charge in [0.2, 0.25) is 0 Å². The quantitative estimate of drug-likeness (QED) is 0.685. The Hall–Kier alpha value is -1.79. The van der Waals surface area contributed by atoms with Gasteiger partial charge < -0.3 is 4.57 Å². The van der Waals surface area contributed by atoms with Crippen LogP contribution >= 0.6 is 23.5 Å². The largest absolute Gasteiger partial charge is 0.301 e. The summed E-state index contributed by atoms with van der Waals surface area (Å²) in [5, 5.41) is 10.2. The summed E-state index contributed by atoms with van der Waals surface area (Å²) in [6, 6.07) is 14.5. The van der Waals surface area contributed by atoms with Crippen molar-refractivity contribution in [3.8, 4) is 11.4 Å². The van der Waals surface area contributed by atoms with Gasteiger partial charge in [0, 0.05) is 40.4 Å². The van der Waals surface area contributed by atoms with Crippen LogP contribution in [0.15, 0.2) is 64.9 Å². The molecular formula is C16H14N4S2. The molecule has 0 radical (unpaired) electrons. The summed E-state index contributed by atoms with van der Waals surface area (Å²) >= 11 is 3.72. The van der Waals surface area contributed by atoms with E-state index in [0.717, 1.165) is 28.8 Å². The number of hydrogen-bond donors (Lipinski definition) is 0. The van der Waals surface area contributed by atoms with Crippen molar-refractivity contribution >= 4 is 23.5 Å². The molecule has 6 heteroatoms. The molecule has 1 aliphatic heterocycles. The van der Waals surface area contributed by atoms with Gasteiger partial charge in [-0.1, -0.05) is 30.0 Å². The molecule has 22 heavy (non-hydrogen) atoms. The van der Waals surface area contributed by atoms with Crippen LogP contribution in [0.2, 0.25) is 0 Å². The van der Waals surface area contributed by atoms with Crippen molar-refractivity contribution < 1.29 is 0 Å². The van der Waals surface area contributed by atoms with Crippen LogP contribution in [0.1, 0.15) is 0 Å². The third kappa shape index (κ3) is 2.76. The second-order valence-electron chi connectivity index (χ2n) is 5.02. The fourth-order valence-corrected chi connectivity index (χ4v) is 4.64. The number of thioether (sulfide) groups is 2. The highest BCUT2D eigenvalue weighted by molar-refractivity contribution is 8.03. The normalized spacial score (nSPS) is 16.6. The molecular weight excluding hydrogens is 312 g/mol. The summed E-state index contributed by atoms with van der Waals surface area (Å²) < 4.78 is 2.21. The van der Waals surface area contributed by atoms with E-state index in [1.54, 1.807) is 6.20 Å². The predicted octanol–water partition coefficient (Wildman–Crippen LogP) is 3.61. The Balaban J connectivity index is 1.46. The molecule has 2 aromatic heterocycles. The van der Waals surface area contributed by atoms with Gasteiger partial charge in [-0.3, -0.25) is 4.98 Å². The molecule has 3 aromatic rings. The van der Waals surface area contributed by atoms with Crippen LogP contribution < -0.4 is 0 Å². The van der Waals surface area contributed by atoms with Crippen LogP contribution in [0.25, 0.3) is 11.4 Å². The summed E-state index contributed by atoms with van der Waals surface area (Å²) in [5.41, 5.74) is 1.03. The smallest absolute Gasteiger partial charge is 0.191 e. The molecule has 4 nitrogen and oxygen atoms in total. The van der Waals surface area contributed by atoms with E-state index in [-0.39, 0.29) is 0 Å². The zero-order valence-electron chi connectivity index (χ0n) is 11.8. The van der Waals surface area contributed by atoms with Gasteiger partial charge in [0.05, 0.1) is 0 Å². The molecule has 0 N–H and O–H groups in total. The Morgan fingerprint density at radius 2 is 2.05 bits per heavy atom. The second-order valence-corrected chi connectivity index (χ2v) is 7.38. The first-order valence-corrected chi connectivity index (χ1v) is 8.95. The molecule has 0 saturated heterocycles.